The van der Waals surface area contributed by atoms with E-state index >= 15 is 4.39 Å². The maximum atomic E-state index is 17.0. The van der Waals surface area contributed by atoms with Gasteiger partial charge in [0.05, 0.1) is 30.6 Å². The molecular formula is C34H32ClF3N6O. The van der Waals surface area contributed by atoms with E-state index in [1.807, 2.05) is 4.90 Å². The molecular weight excluding hydrogens is 601 g/mol. The van der Waals surface area contributed by atoms with Gasteiger partial charge in [0.25, 0.3) is 0 Å². The van der Waals surface area contributed by atoms with Crippen molar-refractivity contribution in [2.75, 3.05) is 36.8 Å². The predicted molar refractivity (Wildman–Crippen MR) is 169 cm³/mol. The maximum absolute atomic E-state index is 17.0. The average molecular weight is 635 g/mol. The summed E-state index contributed by atoms with van der Waals surface area (Å²) in [6, 6.07) is 5.44. The zero-order valence-corrected chi connectivity index (χ0v) is 25.1. The van der Waals surface area contributed by atoms with Crippen LogP contribution in [0, 0.1) is 29.9 Å². The van der Waals surface area contributed by atoms with Crippen LogP contribution in [0.2, 0.25) is 0 Å². The summed E-state index contributed by atoms with van der Waals surface area (Å²) in [5.41, 5.74) is 5.09. The molecule has 2 aromatic heterocycles. The third kappa shape index (κ3) is 4.58. The van der Waals surface area contributed by atoms with E-state index in [-0.39, 0.29) is 69.4 Å². The lowest BCUT2D eigenvalue weighted by molar-refractivity contribution is 0.107. The molecule has 4 aromatic rings. The highest BCUT2D eigenvalue weighted by Gasteiger charge is 2.54. The van der Waals surface area contributed by atoms with Gasteiger partial charge in [-0.3, -0.25) is 9.88 Å². The van der Waals surface area contributed by atoms with Crippen LogP contribution >= 0.6 is 11.6 Å². The van der Waals surface area contributed by atoms with Gasteiger partial charge in [0.2, 0.25) is 0 Å². The second-order valence-electron chi connectivity index (χ2n) is 12.6. The van der Waals surface area contributed by atoms with Crippen LogP contribution in [-0.2, 0) is 0 Å². The first-order valence-electron chi connectivity index (χ1n) is 16.4. The van der Waals surface area contributed by atoms with Gasteiger partial charge < -0.3 is 15.4 Å². The minimum absolute atomic E-state index is 0.0246. The first-order valence-corrected chi connectivity index (χ1v) is 15.8. The summed E-state index contributed by atoms with van der Waals surface area (Å²) < 4.78 is 70.6. The van der Waals surface area contributed by atoms with E-state index in [0.29, 0.717) is 42.8 Å². The lowest BCUT2D eigenvalue weighted by atomic mass is 9.95. The monoisotopic (exact) mass is 634 g/mol. The summed E-state index contributed by atoms with van der Waals surface area (Å²) in [6.07, 6.45) is 9.84. The van der Waals surface area contributed by atoms with Gasteiger partial charge in [-0.05, 0) is 61.7 Å². The van der Waals surface area contributed by atoms with E-state index < -0.39 is 29.9 Å². The number of aromatic nitrogens is 3. The molecule has 45 heavy (non-hydrogen) atoms. The summed E-state index contributed by atoms with van der Waals surface area (Å²) in [6.45, 7) is -1.11. The SMILES string of the molecule is [2H]C([2H])(Oc1nc(N2CCCCC3C(Cl)C32)c2cnc(-c3cc(N)cc4ccc(F)c(C#C)c34)c(F)c2n1)[C@@]12CCCN1C[C@H](F)C2. The van der Waals surface area contributed by atoms with Crippen molar-refractivity contribution in [3.05, 3.63) is 47.7 Å². The first kappa shape index (κ1) is 26.4. The van der Waals surface area contributed by atoms with Crippen molar-refractivity contribution in [1.29, 1.82) is 0 Å². The standard InChI is InChI=1S/C34H32ClF3N6O/c1-2-21-25(37)8-7-18-12-20(39)13-23(26(18)21)29-28(38)30-24(15-40-29)32(44-11-4-3-6-22-27(35)31(22)44)42-33(41-30)45-17-34-9-5-10-43(34)16-19(36)14-34/h1,7-8,12-13,15,19,22,27,31H,3-6,9-11,14,16-17,39H2/t19-,22?,27?,31?,34+/m1/s1/i17D2. The third-order valence-electron chi connectivity index (χ3n) is 9.92. The summed E-state index contributed by atoms with van der Waals surface area (Å²) in [5.74, 6) is 1.44. The number of terminal acetylenes is 1. The molecule has 3 saturated heterocycles. The van der Waals surface area contributed by atoms with E-state index in [1.54, 1.807) is 11.0 Å². The van der Waals surface area contributed by atoms with Crippen LogP contribution in [0.15, 0.2) is 30.5 Å². The maximum Gasteiger partial charge on any atom is 0.319 e. The highest BCUT2D eigenvalue weighted by atomic mass is 35.5. The van der Waals surface area contributed by atoms with Crippen LogP contribution in [0.25, 0.3) is 32.9 Å². The Kier molecular flexibility index (Phi) is 6.24. The third-order valence-corrected chi connectivity index (χ3v) is 10.5. The summed E-state index contributed by atoms with van der Waals surface area (Å²) in [4.78, 5) is 17.5. The van der Waals surface area contributed by atoms with Gasteiger partial charge in [-0.2, -0.15) is 9.97 Å². The fraction of sp³-hybridized carbons (Fsp3) is 0.441. The van der Waals surface area contributed by atoms with Crippen molar-refractivity contribution in [2.24, 2.45) is 5.92 Å². The molecule has 7 nitrogen and oxygen atoms in total. The molecule has 2 N–H and O–H groups in total. The number of anilines is 2. The molecule has 1 saturated carbocycles. The fourth-order valence-electron chi connectivity index (χ4n) is 7.77. The molecule has 5 heterocycles. The number of nitrogens with two attached hydrogens (primary N) is 1. The lowest BCUT2D eigenvalue weighted by Crippen LogP contribution is -2.43. The Morgan fingerprint density at radius 2 is 2.07 bits per heavy atom. The van der Waals surface area contributed by atoms with Gasteiger partial charge >= 0.3 is 6.01 Å². The number of alkyl halides is 2. The van der Waals surface area contributed by atoms with Crippen molar-refractivity contribution < 1.29 is 20.6 Å². The van der Waals surface area contributed by atoms with Gasteiger partial charge in [0, 0.05) is 42.3 Å². The van der Waals surface area contributed by atoms with Crippen molar-refractivity contribution >= 4 is 44.8 Å². The molecule has 3 aliphatic heterocycles. The van der Waals surface area contributed by atoms with Crippen LogP contribution in [-0.4, -0.2) is 69.2 Å². The molecule has 5 atom stereocenters. The normalized spacial score (nSPS) is 28.7. The topological polar surface area (TPSA) is 80.4 Å². The molecule has 0 bridgehead atoms. The molecule has 0 radical (unpaired) electrons. The van der Waals surface area contributed by atoms with Crippen LogP contribution < -0.4 is 15.4 Å². The largest absolute Gasteiger partial charge is 0.461 e. The van der Waals surface area contributed by atoms with E-state index in [4.69, 9.17) is 31.2 Å². The second-order valence-corrected chi connectivity index (χ2v) is 13.1. The van der Waals surface area contributed by atoms with E-state index in [9.17, 15) is 8.78 Å². The van der Waals surface area contributed by atoms with E-state index in [1.165, 1.54) is 24.4 Å². The Hall–Kier alpha value is -3.81. The smallest absolute Gasteiger partial charge is 0.319 e. The minimum atomic E-state index is -2.39. The number of pyridine rings is 1. The van der Waals surface area contributed by atoms with Crippen molar-refractivity contribution in [3.63, 3.8) is 0 Å². The highest BCUT2D eigenvalue weighted by molar-refractivity contribution is 6.24. The number of benzene rings is 2. The van der Waals surface area contributed by atoms with Crippen LogP contribution in [0.3, 0.4) is 0 Å². The van der Waals surface area contributed by atoms with Gasteiger partial charge in [-0.15, -0.1) is 18.0 Å². The Bertz CT molecular complexity index is 1990. The number of halogens is 4. The molecule has 0 spiro atoms. The van der Waals surface area contributed by atoms with Crippen LogP contribution in [0.4, 0.5) is 24.7 Å². The number of hydrogen-bond acceptors (Lipinski definition) is 7. The zero-order valence-electron chi connectivity index (χ0n) is 26.4. The zero-order chi connectivity index (χ0) is 32.8. The van der Waals surface area contributed by atoms with Crippen molar-refractivity contribution in [1.82, 2.24) is 19.9 Å². The molecule has 0 amide bonds. The molecule has 2 aromatic carbocycles. The Morgan fingerprint density at radius 3 is 2.91 bits per heavy atom. The Morgan fingerprint density at radius 1 is 1.20 bits per heavy atom. The number of nitrogen functional groups attached to an aromatic ring is 1. The van der Waals surface area contributed by atoms with E-state index in [2.05, 4.69) is 20.9 Å². The van der Waals surface area contributed by atoms with Crippen molar-refractivity contribution in [3.8, 4) is 29.6 Å². The fourth-order valence-corrected chi connectivity index (χ4v) is 8.29. The number of fused-ring (bicyclic) bond motifs is 4. The summed E-state index contributed by atoms with van der Waals surface area (Å²) in [5, 5.41) is 0.958. The lowest BCUT2D eigenvalue weighted by Gasteiger charge is -2.31. The molecule has 11 heteroatoms. The molecule has 1 aliphatic carbocycles. The molecule has 3 unspecified atom stereocenters. The quantitative estimate of drug-likeness (QED) is 0.158. The van der Waals surface area contributed by atoms with Gasteiger partial charge in [0.15, 0.2) is 5.82 Å². The molecule has 4 aliphatic rings. The first-order chi connectivity index (χ1) is 22.5. The number of nitrogens with zero attached hydrogens (tertiary/aromatic N) is 5. The molecule has 4 fully saturated rings. The number of ether oxygens (including phenoxy) is 1. The van der Waals surface area contributed by atoms with Gasteiger partial charge in [-0.1, -0.05) is 18.4 Å². The highest BCUT2D eigenvalue weighted by Crippen LogP contribution is 2.49. The van der Waals surface area contributed by atoms with Gasteiger partial charge in [0.1, 0.15) is 35.6 Å². The predicted octanol–water partition coefficient (Wildman–Crippen LogP) is 6.24. The second kappa shape index (κ2) is 10.6. The summed E-state index contributed by atoms with van der Waals surface area (Å²) >= 11 is 6.72. The van der Waals surface area contributed by atoms with Crippen molar-refractivity contribution in [2.45, 2.75) is 61.7 Å². The minimum Gasteiger partial charge on any atom is -0.461 e. The molecule has 8 rings (SSSR count). The number of hydrogen-bond donors (Lipinski definition) is 1. The van der Waals surface area contributed by atoms with E-state index in [0.717, 1.165) is 19.3 Å². The van der Waals surface area contributed by atoms with Crippen LogP contribution in [0.5, 0.6) is 6.01 Å². The summed E-state index contributed by atoms with van der Waals surface area (Å²) in [7, 11) is 0. The average Bonchev–Trinajstić information content (AvgIpc) is 3.39. The van der Waals surface area contributed by atoms with Gasteiger partial charge in [-0.25, -0.2) is 13.2 Å². The van der Waals surface area contributed by atoms with Crippen LogP contribution in [0.1, 0.15) is 46.8 Å². The molecule has 232 valence electrons. The number of rotatable bonds is 5. The Balaban J connectivity index is 1.32. The Labute approximate surface area is 266 Å².